The van der Waals surface area contributed by atoms with Gasteiger partial charge in [0, 0.05) is 18.8 Å². The fourth-order valence-electron chi connectivity index (χ4n) is 2.04. The summed E-state index contributed by atoms with van der Waals surface area (Å²) in [6.45, 7) is 0.0690. The van der Waals surface area contributed by atoms with Crippen molar-refractivity contribution in [2.24, 2.45) is 0 Å². The van der Waals surface area contributed by atoms with Crippen LogP contribution < -0.4 is 5.73 Å². The number of hydrogen-bond donors (Lipinski definition) is 2. The fourth-order valence-corrected chi connectivity index (χ4v) is 3.60. The SMILES string of the molecule is Nc1cc(F)c(S(=O)(=O)N2CCC(O)CC2)c(F)c1. The molecule has 19 heavy (non-hydrogen) atoms. The Hall–Kier alpha value is -1.25. The normalized spacial score (nSPS) is 18.7. The number of rotatable bonds is 2. The van der Waals surface area contributed by atoms with Gasteiger partial charge in [0.25, 0.3) is 0 Å². The number of halogens is 2. The third kappa shape index (κ3) is 2.70. The second kappa shape index (κ2) is 5.03. The van der Waals surface area contributed by atoms with Crippen LogP contribution in [0.2, 0.25) is 0 Å². The largest absolute Gasteiger partial charge is 0.399 e. The molecular formula is C11H14F2N2O3S. The van der Waals surface area contributed by atoms with Crippen LogP contribution in [0.5, 0.6) is 0 Å². The van der Waals surface area contributed by atoms with Gasteiger partial charge in [-0.15, -0.1) is 0 Å². The smallest absolute Gasteiger partial charge is 0.248 e. The van der Waals surface area contributed by atoms with Crippen LogP contribution in [0.3, 0.4) is 0 Å². The van der Waals surface area contributed by atoms with E-state index in [2.05, 4.69) is 0 Å². The van der Waals surface area contributed by atoms with E-state index in [1.165, 1.54) is 0 Å². The number of nitrogens with zero attached hydrogens (tertiary/aromatic N) is 1. The molecule has 1 fully saturated rings. The van der Waals surface area contributed by atoms with E-state index in [-0.39, 0.29) is 31.6 Å². The van der Waals surface area contributed by atoms with Crippen LogP contribution in [-0.2, 0) is 10.0 Å². The maximum Gasteiger partial charge on any atom is 0.248 e. The van der Waals surface area contributed by atoms with Gasteiger partial charge in [-0.2, -0.15) is 4.31 Å². The average Bonchev–Trinajstić information content (AvgIpc) is 2.27. The number of nitrogen functional groups attached to an aromatic ring is 1. The number of nitrogens with two attached hydrogens (primary N) is 1. The molecule has 0 saturated carbocycles. The van der Waals surface area contributed by atoms with Crippen LogP contribution in [-0.4, -0.2) is 37.0 Å². The van der Waals surface area contributed by atoms with E-state index in [4.69, 9.17) is 5.73 Å². The summed E-state index contributed by atoms with van der Waals surface area (Å²) in [4.78, 5) is -0.988. The topological polar surface area (TPSA) is 83.6 Å². The van der Waals surface area contributed by atoms with Gasteiger partial charge in [-0.3, -0.25) is 0 Å². The van der Waals surface area contributed by atoms with Gasteiger partial charge in [0.2, 0.25) is 10.0 Å². The predicted molar refractivity (Wildman–Crippen MR) is 64.8 cm³/mol. The summed E-state index contributed by atoms with van der Waals surface area (Å²) in [5.41, 5.74) is 5.07. The molecule has 2 rings (SSSR count). The first-order chi connectivity index (χ1) is 8.82. The molecule has 0 radical (unpaired) electrons. The van der Waals surface area contributed by atoms with Crippen LogP contribution in [0, 0.1) is 11.6 Å². The highest BCUT2D eigenvalue weighted by atomic mass is 32.2. The van der Waals surface area contributed by atoms with Crippen molar-refractivity contribution in [1.82, 2.24) is 4.31 Å². The van der Waals surface area contributed by atoms with Gasteiger partial charge in [0.05, 0.1) is 6.10 Å². The number of piperidine rings is 1. The van der Waals surface area contributed by atoms with Gasteiger partial charge < -0.3 is 10.8 Å². The molecule has 0 bridgehead atoms. The Morgan fingerprint density at radius 1 is 1.21 bits per heavy atom. The second-order valence-electron chi connectivity index (χ2n) is 4.45. The van der Waals surface area contributed by atoms with Crippen molar-refractivity contribution >= 4 is 15.7 Å². The van der Waals surface area contributed by atoms with Crippen molar-refractivity contribution < 1.29 is 22.3 Å². The van der Waals surface area contributed by atoms with Crippen molar-refractivity contribution in [3.05, 3.63) is 23.8 Å². The third-order valence-electron chi connectivity index (χ3n) is 3.04. The first kappa shape index (κ1) is 14.2. The first-order valence-corrected chi connectivity index (χ1v) is 7.19. The molecule has 5 nitrogen and oxygen atoms in total. The minimum Gasteiger partial charge on any atom is -0.399 e. The Labute approximate surface area is 109 Å². The van der Waals surface area contributed by atoms with Crippen LogP contribution in [0.25, 0.3) is 0 Å². The highest BCUT2D eigenvalue weighted by Crippen LogP contribution is 2.27. The molecule has 1 heterocycles. The van der Waals surface area contributed by atoms with E-state index in [9.17, 15) is 22.3 Å². The molecule has 3 N–H and O–H groups in total. The molecule has 1 aliphatic rings. The molecule has 0 aliphatic carbocycles. The van der Waals surface area contributed by atoms with Gasteiger partial charge in [-0.05, 0) is 25.0 Å². The Bertz CT molecular complexity index is 561. The molecule has 8 heteroatoms. The highest BCUT2D eigenvalue weighted by Gasteiger charge is 2.33. The summed E-state index contributed by atoms with van der Waals surface area (Å²) in [6, 6.07) is 1.55. The summed E-state index contributed by atoms with van der Waals surface area (Å²) in [5.74, 6) is -2.41. The van der Waals surface area contributed by atoms with E-state index in [1.54, 1.807) is 0 Å². The number of aliphatic hydroxyl groups excluding tert-OH is 1. The van der Waals surface area contributed by atoms with E-state index in [0.29, 0.717) is 0 Å². The Morgan fingerprint density at radius 3 is 2.16 bits per heavy atom. The first-order valence-electron chi connectivity index (χ1n) is 5.75. The molecule has 0 spiro atoms. The molecule has 106 valence electrons. The minimum absolute atomic E-state index is 0.0345. The molecule has 1 aromatic rings. The number of anilines is 1. The van der Waals surface area contributed by atoms with E-state index < -0.39 is 32.7 Å². The fraction of sp³-hybridized carbons (Fsp3) is 0.455. The van der Waals surface area contributed by atoms with Crippen molar-refractivity contribution in [1.29, 1.82) is 0 Å². The number of benzene rings is 1. The average molecular weight is 292 g/mol. The Kier molecular flexibility index (Phi) is 3.75. The lowest BCUT2D eigenvalue weighted by molar-refractivity contribution is 0.113. The zero-order chi connectivity index (χ0) is 14.2. The molecule has 0 unspecified atom stereocenters. The maximum atomic E-state index is 13.7. The van der Waals surface area contributed by atoms with Gasteiger partial charge in [-0.1, -0.05) is 0 Å². The summed E-state index contributed by atoms with van der Waals surface area (Å²) in [6.07, 6.45) is -0.0814. The van der Waals surface area contributed by atoms with Crippen LogP contribution in [0.1, 0.15) is 12.8 Å². The number of aliphatic hydroxyl groups is 1. The standard InChI is InChI=1S/C11H14F2N2O3S/c12-9-5-7(14)6-10(13)11(9)19(17,18)15-3-1-8(16)2-4-15/h5-6,8,16H,1-4,14H2. The van der Waals surface area contributed by atoms with Crippen molar-refractivity contribution in [2.45, 2.75) is 23.8 Å². The Balaban J connectivity index is 2.40. The lowest BCUT2D eigenvalue weighted by Gasteiger charge is -2.28. The second-order valence-corrected chi connectivity index (χ2v) is 6.32. The minimum atomic E-state index is -4.25. The number of hydrogen-bond acceptors (Lipinski definition) is 4. The van der Waals surface area contributed by atoms with E-state index in [0.717, 1.165) is 16.4 Å². The van der Waals surface area contributed by atoms with Gasteiger partial charge in [0.1, 0.15) is 11.6 Å². The van der Waals surface area contributed by atoms with Crippen LogP contribution in [0.4, 0.5) is 14.5 Å². The van der Waals surface area contributed by atoms with Gasteiger partial charge >= 0.3 is 0 Å². The monoisotopic (exact) mass is 292 g/mol. The summed E-state index contributed by atoms with van der Waals surface area (Å²) < 4.78 is 52.6. The molecule has 1 saturated heterocycles. The highest BCUT2D eigenvalue weighted by molar-refractivity contribution is 7.89. The molecule has 1 aliphatic heterocycles. The predicted octanol–water partition coefficient (Wildman–Crippen LogP) is 0.692. The molecular weight excluding hydrogens is 278 g/mol. The van der Waals surface area contributed by atoms with Gasteiger partial charge in [0.15, 0.2) is 4.90 Å². The van der Waals surface area contributed by atoms with E-state index >= 15 is 0 Å². The third-order valence-corrected chi connectivity index (χ3v) is 4.99. The maximum absolute atomic E-state index is 13.7. The summed E-state index contributed by atoms with van der Waals surface area (Å²) in [7, 11) is -4.25. The Morgan fingerprint density at radius 2 is 1.68 bits per heavy atom. The van der Waals surface area contributed by atoms with Crippen molar-refractivity contribution in [3.8, 4) is 0 Å². The summed E-state index contributed by atoms with van der Waals surface area (Å²) >= 11 is 0. The zero-order valence-corrected chi connectivity index (χ0v) is 10.8. The molecule has 0 amide bonds. The zero-order valence-electron chi connectivity index (χ0n) is 10.0. The van der Waals surface area contributed by atoms with Gasteiger partial charge in [-0.25, -0.2) is 17.2 Å². The molecule has 0 aromatic heterocycles. The molecule has 0 atom stereocenters. The van der Waals surface area contributed by atoms with Crippen molar-refractivity contribution in [3.63, 3.8) is 0 Å². The lowest BCUT2D eigenvalue weighted by Crippen LogP contribution is -2.40. The van der Waals surface area contributed by atoms with Crippen LogP contribution in [0.15, 0.2) is 17.0 Å². The molecule has 1 aromatic carbocycles. The lowest BCUT2D eigenvalue weighted by atomic mass is 10.1. The van der Waals surface area contributed by atoms with Crippen molar-refractivity contribution in [2.75, 3.05) is 18.8 Å². The van der Waals surface area contributed by atoms with Crippen LogP contribution >= 0.6 is 0 Å². The van der Waals surface area contributed by atoms with E-state index in [1.807, 2.05) is 0 Å². The number of sulfonamides is 1. The summed E-state index contributed by atoms with van der Waals surface area (Å²) in [5, 5.41) is 9.32. The quantitative estimate of drug-likeness (QED) is 0.786.